The number of hydrogen-bond acceptors (Lipinski definition) is 5. The lowest BCUT2D eigenvalue weighted by Crippen LogP contribution is -2.37. The molecule has 0 aliphatic heterocycles. The Labute approximate surface area is 95.3 Å². The summed E-state index contributed by atoms with van der Waals surface area (Å²) >= 11 is 0. The van der Waals surface area contributed by atoms with Crippen molar-refractivity contribution in [2.45, 2.75) is 25.5 Å². The molecule has 88 valence electrons. The molecule has 0 radical (unpaired) electrons. The highest BCUT2D eigenvalue weighted by Gasteiger charge is 2.28. The first-order chi connectivity index (χ1) is 7.70. The molecule has 5 heteroatoms. The Morgan fingerprint density at radius 2 is 2.12 bits per heavy atom. The minimum absolute atomic E-state index is 0.103. The lowest BCUT2D eigenvalue weighted by molar-refractivity contribution is 0.0464. The van der Waals surface area contributed by atoms with Gasteiger partial charge in [0.1, 0.15) is 0 Å². The Kier molecular flexibility index (Phi) is 3.36. The van der Waals surface area contributed by atoms with E-state index >= 15 is 0 Å². The van der Waals surface area contributed by atoms with Gasteiger partial charge in [0.05, 0.1) is 11.8 Å². The average Bonchev–Trinajstić information content (AvgIpc) is 2.27. The van der Waals surface area contributed by atoms with Crippen molar-refractivity contribution < 1.29 is 5.11 Å². The summed E-state index contributed by atoms with van der Waals surface area (Å²) in [5.74, 6) is 1.42. The minimum atomic E-state index is -0.103. The maximum absolute atomic E-state index is 9.24. The number of aliphatic hydroxyl groups excluding tert-OH is 1. The number of nitrogens with zero attached hydrogens (tertiary/aromatic N) is 3. The Hall–Kier alpha value is -1.20. The minimum Gasteiger partial charge on any atom is -0.393 e. The van der Waals surface area contributed by atoms with E-state index in [1.54, 1.807) is 12.4 Å². The number of nitrogens with two attached hydrogens (primary N) is 1. The Balaban J connectivity index is 1.99. The molecular formula is C11H18N4O. The van der Waals surface area contributed by atoms with E-state index in [1.165, 1.54) is 0 Å². The van der Waals surface area contributed by atoms with Crippen LogP contribution >= 0.6 is 0 Å². The third-order valence-corrected chi connectivity index (χ3v) is 3.05. The summed E-state index contributed by atoms with van der Waals surface area (Å²) in [5.41, 5.74) is 6.44. The molecule has 0 spiro atoms. The Bertz CT molecular complexity index is 352. The van der Waals surface area contributed by atoms with Gasteiger partial charge in [-0.3, -0.25) is 4.98 Å². The highest BCUT2D eigenvalue weighted by Crippen LogP contribution is 2.28. The molecule has 5 nitrogen and oxygen atoms in total. The van der Waals surface area contributed by atoms with E-state index in [-0.39, 0.29) is 6.10 Å². The van der Waals surface area contributed by atoms with Crippen molar-refractivity contribution >= 4 is 5.82 Å². The van der Waals surface area contributed by atoms with E-state index in [0.717, 1.165) is 30.9 Å². The summed E-state index contributed by atoms with van der Waals surface area (Å²) in [4.78, 5) is 10.6. The zero-order valence-corrected chi connectivity index (χ0v) is 9.50. The molecule has 2 rings (SSSR count). The zero-order chi connectivity index (χ0) is 11.5. The average molecular weight is 222 g/mol. The standard InChI is InChI=1S/C11H18N4O/c1-15(7-8-4-9(16)5-8)11-10(6-12)13-2-3-14-11/h2-3,8-9,16H,4-7,12H2,1H3. The van der Waals surface area contributed by atoms with Crippen LogP contribution in [0.15, 0.2) is 12.4 Å². The van der Waals surface area contributed by atoms with Gasteiger partial charge in [0, 0.05) is 32.5 Å². The van der Waals surface area contributed by atoms with Gasteiger partial charge in [-0.05, 0) is 18.8 Å². The molecule has 0 bridgehead atoms. The molecular weight excluding hydrogens is 204 g/mol. The fourth-order valence-corrected chi connectivity index (χ4v) is 2.15. The molecule has 1 fully saturated rings. The van der Waals surface area contributed by atoms with Crippen molar-refractivity contribution in [3.8, 4) is 0 Å². The summed E-state index contributed by atoms with van der Waals surface area (Å²) in [6.07, 6.45) is 5.02. The monoisotopic (exact) mass is 222 g/mol. The first kappa shape index (κ1) is 11.3. The maximum atomic E-state index is 9.24. The quantitative estimate of drug-likeness (QED) is 0.758. The van der Waals surface area contributed by atoms with Crippen LogP contribution in [0.2, 0.25) is 0 Å². The highest BCUT2D eigenvalue weighted by atomic mass is 16.3. The van der Waals surface area contributed by atoms with Gasteiger partial charge in [-0.2, -0.15) is 0 Å². The lowest BCUT2D eigenvalue weighted by atomic mass is 9.82. The van der Waals surface area contributed by atoms with Crippen molar-refractivity contribution in [2.75, 3.05) is 18.5 Å². The SMILES string of the molecule is CN(CC1CC(O)C1)c1nccnc1CN. The molecule has 0 unspecified atom stereocenters. The molecule has 0 saturated heterocycles. The van der Waals surface area contributed by atoms with Crippen LogP contribution in [-0.4, -0.2) is 34.8 Å². The van der Waals surface area contributed by atoms with E-state index in [4.69, 9.17) is 5.73 Å². The molecule has 1 aliphatic rings. The van der Waals surface area contributed by atoms with Crippen LogP contribution in [0.1, 0.15) is 18.5 Å². The molecule has 16 heavy (non-hydrogen) atoms. The van der Waals surface area contributed by atoms with Gasteiger partial charge in [-0.15, -0.1) is 0 Å². The highest BCUT2D eigenvalue weighted by molar-refractivity contribution is 5.42. The van der Waals surface area contributed by atoms with Crippen molar-refractivity contribution in [1.82, 2.24) is 9.97 Å². The molecule has 0 aromatic carbocycles. The summed E-state index contributed by atoms with van der Waals surface area (Å²) < 4.78 is 0. The molecule has 1 saturated carbocycles. The second kappa shape index (κ2) is 4.76. The number of aromatic nitrogens is 2. The van der Waals surface area contributed by atoms with E-state index in [2.05, 4.69) is 14.9 Å². The third-order valence-electron chi connectivity index (χ3n) is 3.05. The number of hydrogen-bond donors (Lipinski definition) is 2. The summed E-state index contributed by atoms with van der Waals surface area (Å²) in [6.45, 7) is 1.31. The van der Waals surface area contributed by atoms with Crippen LogP contribution in [-0.2, 0) is 6.54 Å². The van der Waals surface area contributed by atoms with E-state index < -0.39 is 0 Å². The predicted octanol–water partition coefficient (Wildman–Crippen LogP) is 0.142. The smallest absolute Gasteiger partial charge is 0.151 e. The van der Waals surface area contributed by atoms with Gasteiger partial charge in [-0.1, -0.05) is 0 Å². The van der Waals surface area contributed by atoms with Crippen LogP contribution in [0.3, 0.4) is 0 Å². The van der Waals surface area contributed by atoms with Gasteiger partial charge in [-0.25, -0.2) is 4.98 Å². The molecule has 3 N–H and O–H groups in total. The molecule has 1 heterocycles. The van der Waals surface area contributed by atoms with Crippen LogP contribution in [0.5, 0.6) is 0 Å². The summed E-state index contributed by atoms with van der Waals surface area (Å²) in [5, 5.41) is 9.24. The van der Waals surface area contributed by atoms with E-state index in [0.29, 0.717) is 12.5 Å². The first-order valence-corrected chi connectivity index (χ1v) is 5.60. The molecule has 1 aromatic heterocycles. The largest absolute Gasteiger partial charge is 0.393 e. The molecule has 0 atom stereocenters. The number of rotatable bonds is 4. The van der Waals surface area contributed by atoms with Crippen molar-refractivity contribution in [3.63, 3.8) is 0 Å². The normalized spacial score (nSPS) is 23.9. The first-order valence-electron chi connectivity index (χ1n) is 5.60. The van der Waals surface area contributed by atoms with Crippen LogP contribution in [0.25, 0.3) is 0 Å². The summed E-state index contributed by atoms with van der Waals surface area (Å²) in [7, 11) is 1.99. The number of aliphatic hydroxyl groups is 1. The van der Waals surface area contributed by atoms with E-state index in [9.17, 15) is 5.11 Å². The molecule has 1 aliphatic carbocycles. The van der Waals surface area contributed by atoms with Gasteiger partial charge in [0.15, 0.2) is 5.82 Å². The maximum Gasteiger partial charge on any atom is 0.151 e. The van der Waals surface area contributed by atoms with Crippen LogP contribution < -0.4 is 10.6 Å². The topological polar surface area (TPSA) is 75.3 Å². The Morgan fingerprint density at radius 1 is 1.44 bits per heavy atom. The molecule has 1 aromatic rings. The van der Waals surface area contributed by atoms with Crippen LogP contribution in [0, 0.1) is 5.92 Å². The third kappa shape index (κ3) is 2.31. The number of anilines is 1. The second-order valence-corrected chi connectivity index (χ2v) is 4.40. The van der Waals surface area contributed by atoms with Gasteiger partial charge in [0.25, 0.3) is 0 Å². The second-order valence-electron chi connectivity index (χ2n) is 4.40. The van der Waals surface area contributed by atoms with Gasteiger partial charge in [0.2, 0.25) is 0 Å². The van der Waals surface area contributed by atoms with Gasteiger partial charge < -0.3 is 15.7 Å². The van der Waals surface area contributed by atoms with E-state index in [1.807, 2.05) is 7.05 Å². The van der Waals surface area contributed by atoms with Crippen molar-refractivity contribution in [3.05, 3.63) is 18.1 Å². The predicted molar refractivity (Wildman–Crippen MR) is 61.9 cm³/mol. The van der Waals surface area contributed by atoms with Gasteiger partial charge >= 0.3 is 0 Å². The Morgan fingerprint density at radius 3 is 2.75 bits per heavy atom. The van der Waals surface area contributed by atoms with Crippen molar-refractivity contribution in [2.24, 2.45) is 11.7 Å². The molecule has 0 amide bonds. The fourth-order valence-electron chi connectivity index (χ4n) is 2.15. The zero-order valence-electron chi connectivity index (χ0n) is 9.50. The van der Waals surface area contributed by atoms with Crippen LogP contribution in [0.4, 0.5) is 5.82 Å². The van der Waals surface area contributed by atoms with Crippen molar-refractivity contribution in [1.29, 1.82) is 0 Å². The summed E-state index contributed by atoms with van der Waals surface area (Å²) in [6, 6.07) is 0. The lowest BCUT2D eigenvalue weighted by Gasteiger charge is -2.35. The fraction of sp³-hybridized carbons (Fsp3) is 0.636.